The van der Waals surface area contributed by atoms with Crippen molar-refractivity contribution in [3.05, 3.63) is 0 Å². The number of hydrogen-bond acceptors (Lipinski definition) is 2. The predicted octanol–water partition coefficient (Wildman–Crippen LogP) is 0.913. The molecule has 1 atom stereocenters. The molecule has 0 aliphatic heterocycles. The van der Waals surface area contributed by atoms with Crippen molar-refractivity contribution < 1.29 is 9.90 Å². The molecule has 0 saturated carbocycles. The van der Waals surface area contributed by atoms with E-state index in [1.54, 1.807) is 6.92 Å². The molecule has 0 fully saturated rings. The number of carbonyl (C=O) groups is 1. The molecule has 64 valence electrons. The summed E-state index contributed by atoms with van der Waals surface area (Å²) in [6.45, 7) is 4.19. The zero-order valence-corrected chi connectivity index (χ0v) is 7.59. The van der Waals surface area contributed by atoms with Gasteiger partial charge in [0.15, 0.2) is 0 Å². The summed E-state index contributed by atoms with van der Waals surface area (Å²) in [7, 11) is 0. The van der Waals surface area contributed by atoms with Gasteiger partial charge in [-0.3, -0.25) is 4.79 Å². The van der Waals surface area contributed by atoms with E-state index in [9.17, 15) is 4.79 Å². The van der Waals surface area contributed by atoms with Crippen LogP contribution in [0.15, 0.2) is 0 Å². The van der Waals surface area contributed by atoms with Gasteiger partial charge in [0, 0.05) is 0 Å². The van der Waals surface area contributed by atoms with Crippen molar-refractivity contribution in [3.8, 4) is 0 Å². The SMILES string of the molecule is CCN[C@@H](C)C(=O)O.Cl.Cl. The maximum Gasteiger partial charge on any atom is 0.320 e. The summed E-state index contributed by atoms with van der Waals surface area (Å²) >= 11 is 0. The van der Waals surface area contributed by atoms with Gasteiger partial charge in [-0.1, -0.05) is 6.92 Å². The number of hydrogen-bond donors (Lipinski definition) is 2. The van der Waals surface area contributed by atoms with E-state index in [0.717, 1.165) is 0 Å². The monoisotopic (exact) mass is 189 g/mol. The molecule has 0 aromatic carbocycles. The summed E-state index contributed by atoms with van der Waals surface area (Å²) < 4.78 is 0. The standard InChI is InChI=1S/C5H11NO2.2ClH/c1-3-6-4(2)5(7)8;;/h4,6H,3H2,1-2H3,(H,7,8);2*1H/t4-;;/m0../s1. The Balaban J connectivity index is -0.000000245. The maximum absolute atomic E-state index is 10.0. The van der Waals surface area contributed by atoms with Crippen LogP contribution < -0.4 is 5.32 Å². The summed E-state index contributed by atoms with van der Waals surface area (Å²) in [4.78, 5) is 10.0. The summed E-state index contributed by atoms with van der Waals surface area (Å²) in [6, 6.07) is -0.417. The molecule has 2 N–H and O–H groups in total. The molecule has 3 nitrogen and oxygen atoms in total. The zero-order valence-electron chi connectivity index (χ0n) is 5.96. The highest BCUT2D eigenvalue weighted by atomic mass is 35.5. The molecular formula is C5H13Cl2NO2. The summed E-state index contributed by atoms with van der Waals surface area (Å²) in [5, 5.41) is 11.0. The summed E-state index contributed by atoms with van der Waals surface area (Å²) in [6.07, 6.45) is 0. The van der Waals surface area contributed by atoms with Gasteiger partial charge in [0.25, 0.3) is 0 Å². The van der Waals surface area contributed by atoms with Crippen LogP contribution in [0.4, 0.5) is 0 Å². The lowest BCUT2D eigenvalue weighted by Crippen LogP contribution is -2.33. The van der Waals surface area contributed by atoms with E-state index in [2.05, 4.69) is 5.32 Å². The third-order valence-corrected chi connectivity index (χ3v) is 0.881. The molecular weight excluding hydrogens is 177 g/mol. The van der Waals surface area contributed by atoms with E-state index in [1.807, 2.05) is 6.92 Å². The molecule has 0 aromatic rings. The third kappa shape index (κ3) is 8.01. The van der Waals surface area contributed by atoms with Gasteiger partial charge < -0.3 is 10.4 Å². The van der Waals surface area contributed by atoms with Crippen molar-refractivity contribution in [2.45, 2.75) is 19.9 Å². The van der Waals surface area contributed by atoms with E-state index in [4.69, 9.17) is 5.11 Å². The van der Waals surface area contributed by atoms with E-state index < -0.39 is 12.0 Å². The normalized spacial score (nSPS) is 10.6. The van der Waals surface area contributed by atoms with Gasteiger partial charge >= 0.3 is 5.97 Å². The summed E-state index contributed by atoms with van der Waals surface area (Å²) in [5.41, 5.74) is 0. The zero-order chi connectivity index (χ0) is 6.57. The molecule has 0 amide bonds. The van der Waals surface area contributed by atoms with Crippen LogP contribution in [0.2, 0.25) is 0 Å². The van der Waals surface area contributed by atoms with Crippen LogP contribution in [0.5, 0.6) is 0 Å². The highest BCUT2D eigenvalue weighted by Crippen LogP contribution is 1.77. The Morgan fingerprint density at radius 1 is 1.60 bits per heavy atom. The average Bonchev–Trinajstić information content (AvgIpc) is 1.67. The predicted molar refractivity (Wildman–Crippen MR) is 45.3 cm³/mol. The fourth-order valence-electron chi connectivity index (χ4n) is 0.393. The maximum atomic E-state index is 10.0. The molecule has 10 heavy (non-hydrogen) atoms. The van der Waals surface area contributed by atoms with Crippen molar-refractivity contribution in [3.63, 3.8) is 0 Å². The molecule has 0 rings (SSSR count). The smallest absolute Gasteiger partial charge is 0.320 e. The second-order valence-corrected chi connectivity index (χ2v) is 1.62. The van der Waals surface area contributed by atoms with Crippen molar-refractivity contribution in [2.75, 3.05) is 6.54 Å². The molecule has 0 spiro atoms. The summed E-state index contributed by atoms with van der Waals surface area (Å²) in [5.74, 6) is -0.799. The number of aliphatic carboxylic acids is 1. The van der Waals surface area contributed by atoms with Crippen molar-refractivity contribution in [2.24, 2.45) is 0 Å². The lowest BCUT2D eigenvalue weighted by Gasteiger charge is -2.03. The molecule has 0 heterocycles. The van der Waals surface area contributed by atoms with Crippen LogP contribution >= 0.6 is 24.8 Å². The molecule has 0 saturated heterocycles. The Labute approximate surface area is 73.0 Å². The highest BCUT2D eigenvalue weighted by molar-refractivity contribution is 5.85. The fourth-order valence-corrected chi connectivity index (χ4v) is 0.393. The fraction of sp³-hybridized carbons (Fsp3) is 0.800. The van der Waals surface area contributed by atoms with Crippen LogP contribution in [-0.4, -0.2) is 23.7 Å². The minimum atomic E-state index is -0.799. The van der Waals surface area contributed by atoms with Gasteiger partial charge in [-0.2, -0.15) is 0 Å². The second kappa shape index (κ2) is 9.01. The molecule has 0 bridgehead atoms. The van der Waals surface area contributed by atoms with E-state index in [0.29, 0.717) is 6.54 Å². The van der Waals surface area contributed by atoms with Gasteiger partial charge in [-0.05, 0) is 13.5 Å². The Morgan fingerprint density at radius 3 is 2.10 bits per heavy atom. The van der Waals surface area contributed by atoms with Crippen LogP contribution in [0, 0.1) is 0 Å². The molecule has 0 aliphatic carbocycles. The third-order valence-electron chi connectivity index (χ3n) is 0.881. The molecule has 0 aromatic heterocycles. The largest absolute Gasteiger partial charge is 0.480 e. The van der Waals surface area contributed by atoms with Gasteiger partial charge in [0.1, 0.15) is 6.04 Å². The number of carboxylic acid groups (broad SMARTS) is 1. The first-order valence-corrected chi connectivity index (χ1v) is 2.64. The Bertz CT molecular complexity index is 89.7. The van der Waals surface area contributed by atoms with E-state index in [-0.39, 0.29) is 24.8 Å². The topological polar surface area (TPSA) is 49.3 Å². The van der Waals surface area contributed by atoms with Gasteiger partial charge in [0.05, 0.1) is 0 Å². The first-order valence-electron chi connectivity index (χ1n) is 2.64. The second-order valence-electron chi connectivity index (χ2n) is 1.62. The van der Waals surface area contributed by atoms with Crippen LogP contribution in [-0.2, 0) is 4.79 Å². The van der Waals surface area contributed by atoms with Crippen LogP contribution in [0.3, 0.4) is 0 Å². The van der Waals surface area contributed by atoms with Crippen LogP contribution in [0.1, 0.15) is 13.8 Å². The Kier molecular flexibility index (Phi) is 14.9. The quantitative estimate of drug-likeness (QED) is 0.695. The molecule has 0 aliphatic rings. The minimum absolute atomic E-state index is 0. The highest BCUT2D eigenvalue weighted by Gasteiger charge is 2.06. The number of nitrogens with one attached hydrogen (secondary N) is 1. The first-order chi connectivity index (χ1) is 3.68. The van der Waals surface area contributed by atoms with Gasteiger partial charge in [-0.15, -0.1) is 24.8 Å². The number of halogens is 2. The number of rotatable bonds is 3. The van der Waals surface area contributed by atoms with Crippen molar-refractivity contribution in [1.82, 2.24) is 5.32 Å². The lowest BCUT2D eigenvalue weighted by atomic mass is 10.3. The minimum Gasteiger partial charge on any atom is -0.480 e. The van der Waals surface area contributed by atoms with E-state index in [1.165, 1.54) is 0 Å². The number of likely N-dealkylation sites (N-methyl/N-ethyl adjacent to an activating group) is 1. The van der Waals surface area contributed by atoms with Crippen LogP contribution in [0.25, 0.3) is 0 Å². The Morgan fingerprint density at radius 2 is 2.00 bits per heavy atom. The van der Waals surface area contributed by atoms with Gasteiger partial charge in [-0.25, -0.2) is 0 Å². The van der Waals surface area contributed by atoms with Gasteiger partial charge in [0.2, 0.25) is 0 Å². The molecule has 0 unspecified atom stereocenters. The Hall–Kier alpha value is 0.01000. The molecule has 0 radical (unpaired) electrons. The number of carboxylic acids is 1. The molecule has 5 heteroatoms. The van der Waals surface area contributed by atoms with Crippen molar-refractivity contribution in [1.29, 1.82) is 0 Å². The average molecular weight is 190 g/mol. The lowest BCUT2D eigenvalue weighted by molar-refractivity contribution is -0.138. The van der Waals surface area contributed by atoms with Crippen molar-refractivity contribution >= 4 is 30.8 Å². The van der Waals surface area contributed by atoms with E-state index >= 15 is 0 Å². The first kappa shape index (κ1) is 16.5.